The SMILES string of the molecule is COc1ccc2cc(CN(C)C(=O)CN3CCN(C(=O)c4n[nH]c5ccccc45)CC3)ccc2c1. The summed E-state index contributed by atoms with van der Waals surface area (Å²) in [6, 6.07) is 19.8. The van der Waals surface area contributed by atoms with Gasteiger partial charge in [-0.15, -0.1) is 0 Å². The molecule has 0 aliphatic carbocycles. The molecule has 3 aromatic carbocycles. The number of nitrogens with one attached hydrogen (secondary N) is 1. The third-order valence-corrected chi connectivity index (χ3v) is 6.65. The Balaban J connectivity index is 1.14. The van der Waals surface area contributed by atoms with Gasteiger partial charge < -0.3 is 14.5 Å². The van der Waals surface area contributed by atoms with Crippen molar-refractivity contribution in [2.24, 2.45) is 0 Å². The van der Waals surface area contributed by atoms with Crippen LogP contribution in [0.4, 0.5) is 0 Å². The smallest absolute Gasteiger partial charge is 0.275 e. The zero-order valence-corrected chi connectivity index (χ0v) is 20.0. The lowest BCUT2D eigenvalue weighted by atomic mass is 10.1. The molecule has 8 nitrogen and oxygen atoms in total. The first kappa shape index (κ1) is 22.9. The molecule has 35 heavy (non-hydrogen) atoms. The summed E-state index contributed by atoms with van der Waals surface area (Å²) in [5.74, 6) is 0.828. The number of likely N-dealkylation sites (N-methyl/N-ethyl adjacent to an activating group) is 1. The molecule has 5 rings (SSSR count). The zero-order chi connectivity index (χ0) is 24.4. The van der Waals surface area contributed by atoms with Crippen molar-refractivity contribution < 1.29 is 14.3 Å². The van der Waals surface area contributed by atoms with Crippen LogP contribution in [0.25, 0.3) is 21.7 Å². The summed E-state index contributed by atoms with van der Waals surface area (Å²) < 4.78 is 5.29. The van der Waals surface area contributed by atoms with E-state index in [1.165, 1.54) is 0 Å². The molecule has 8 heteroatoms. The van der Waals surface area contributed by atoms with Crippen LogP contribution in [0.3, 0.4) is 0 Å². The summed E-state index contributed by atoms with van der Waals surface area (Å²) in [6.45, 7) is 3.35. The first-order valence-corrected chi connectivity index (χ1v) is 11.8. The van der Waals surface area contributed by atoms with Gasteiger partial charge in [-0.2, -0.15) is 5.10 Å². The molecule has 4 aromatic rings. The molecule has 1 aliphatic rings. The van der Waals surface area contributed by atoms with Crippen LogP contribution in [-0.4, -0.2) is 83.6 Å². The molecule has 0 spiro atoms. The molecule has 0 atom stereocenters. The van der Waals surface area contributed by atoms with E-state index < -0.39 is 0 Å². The van der Waals surface area contributed by atoms with Crippen LogP contribution in [0.5, 0.6) is 5.75 Å². The number of piperazine rings is 1. The van der Waals surface area contributed by atoms with E-state index in [0.29, 0.717) is 45.0 Å². The van der Waals surface area contributed by atoms with Crippen molar-refractivity contribution in [3.05, 3.63) is 71.9 Å². The Hall–Kier alpha value is -3.91. The van der Waals surface area contributed by atoms with Crippen LogP contribution >= 0.6 is 0 Å². The van der Waals surface area contributed by atoms with Crippen molar-refractivity contribution in [3.63, 3.8) is 0 Å². The summed E-state index contributed by atoms with van der Waals surface area (Å²) in [4.78, 5) is 31.6. The highest BCUT2D eigenvalue weighted by atomic mass is 16.5. The third kappa shape index (κ3) is 4.83. The number of carbonyl (C=O) groups is 2. The second kappa shape index (κ2) is 9.76. The van der Waals surface area contributed by atoms with Crippen LogP contribution < -0.4 is 4.74 Å². The fraction of sp³-hybridized carbons (Fsp3) is 0.296. The number of rotatable bonds is 6. The van der Waals surface area contributed by atoms with Gasteiger partial charge in [-0.05, 0) is 40.6 Å². The van der Waals surface area contributed by atoms with Gasteiger partial charge in [0, 0.05) is 45.2 Å². The second-order valence-electron chi connectivity index (χ2n) is 8.98. The second-order valence-corrected chi connectivity index (χ2v) is 8.98. The molecule has 0 radical (unpaired) electrons. The minimum atomic E-state index is -0.0699. The highest BCUT2D eigenvalue weighted by Gasteiger charge is 2.26. The summed E-state index contributed by atoms with van der Waals surface area (Å²) in [5.41, 5.74) is 2.40. The minimum absolute atomic E-state index is 0.0675. The van der Waals surface area contributed by atoms with E-state index in [9.17, 15) is 9.59 Å². The van der Waals surface area contributed by atoms with Gasteiger partial charge in [0.1, 0.15) is 5.75 Å². The quantitative estimate of drug-likeness (QED) is 0.467. The number of carbonyl (C=O) groups excluding carboxylic acids is 2. The number of hydrogen-bond donors (Lipinski definition) is 1. The largest absolute Gasteiger partial charge is 0.497 e. The lowest BCUT2D eigenvalue weighted by molar-refractivity contribution is -0.132. The van der Waals surface area contributed by atoms with Gasteiger partial charge in [0.15, 0.2) is 5.69 Å². The maximum atomic E-state index is 13.0. The van der Waals surface area contributed by atoms with E-state index >= 15 is 0 Å². The van der Waals surface area contributed by atoms with E-state index in [0.717, 1.165) is 33.0 Å². The van der Waals surface area contributed by atoms with Crippen molar-refractivity contribution in [1.29, 1.82) is 0 Å². The number of fused-ring (bicyclic) bond motifs is 2. The number of amides is 2. The maximum Gasteiger partial charge on any atom is 0.275 e. The molecule has 1 aliphatic heterocycles. The summed E-state index contributed by atoms with van der Waals surface area (Å²) in [6.07, 6.45) is 0. The van der Waals surface area contributed by atoms with Gasteiger partial charge in [0.2, 0.25) is 5.91 Å². The lowest BCUT2D eigenvalue weighted by Gasteiger charge is -2.34. The highest BCUT2D eigenvalue weighted by Crippen LogP contribution is 2.22. The van der Waals surface area contributed by atoms with Crippen molar-refractivity contribution in [1.82, 2.24) is 24.9 Å². The van der Waals surface area contributed by atoms with E-state index in [1.54, 1.807) is 12.0 Å². The first-order valence-electron chi connectivity index (χ1n) is 11.8. The van der Waals surface area contributed by atoms with E-state index in [-0.39, 0.29) is 11.8 Å². The number of aromatic amines is 1. The molecule has 1 N–H and O–H groups in total. The van der Waals surface area contributed by atoms with E-state index in [1.807, 2.05) is 54.4 Å². The predicted octanol–water partition coefficient (Wildman–Crippen LogP) is 3.14. The molecule has 0 unspecified atom stereocenters. The molecule has 180 valence electrons. The Kier molecular flexibility index (Phi) is 6.37. The number of nitrogens with zero attached hydrogens (tertiary/aromatic N) is 4. The van der Waals surface area contributed by atoms with Crippen molar-refractivity contribution in [2.75, 3.05) is 46.9 Å². The van der Waals surface area contributed by atoms with Crippen LogP contribution in [0.15, 0.2) is 60.7 Å². The fourth-order valence-corrected chi connectivity index (χ4v) is 4.56. The Morgan fingerprint density at radius 3 is 2.54 bits per heavy atom. The van der Waals surface area contributed by atoms with Gasteiger partial charge in [-0.1, -0.05) is 36.4 Å². The van der Waals surface area contributed by atoms with E-state index in [2.05, 4.69) is 33.3 Å². The Labute approximate surface area is 204 Å². The van der Waals surface area contributed by atoms with Crippen LogP contribution in [-0.2, 0) is 11.3 Å². The van der Waals surface area contributed by atoms with Gasteiger partial charge in [0.05, 0.1) is 19.2 Å². The molecule has 1 fully saturated rings. The predicted molar refractivity (Wildman–Crippen MR) is 135 cm³/mol. The summed E-state index contributed by atoms with van der Waals surface area (Å²) in [7, 11) is 3.50. The molecule has 0 saturated carbocycles. The topological polar surface area (TPSA) is 81.8 Å². The maximum absolute atomic E-state index is 13.0. The Morgan fingerprint density at radius 2 is 1.74 bits per heavy atom. The Morgan fingerprint density at radius 1 is 1.00 bits per heavy atom. The summed E-state index contributed by atoms with van der Waals surface area (Å²) in [5, 5.41) is 10.2. The number of hydrogen-bond acceptors (Lipinski definition) is 5. The zero-order valence-electron chi connectivity index (χ0n) is 20.0. The van der Waals surface area contributed by atoms with Gasteiger partial charge in [-0.25, -0.2) is 0 Å². The highest BCUT2D eigenvalue weighted by molar-refractivity contribution is 6.04. The van der Waals surface area contributed by atoms with Crippen molar-refractivity contribution >= 4 is 33.5 Å². The molecular weight excluding hydrogens is 442 g/mol. The lowest BCUT2D eigenvalue weighted by Crippen LogP contribution is -2.51. The fourth-order valence-electron chi connectivity index (χ4n) is 4.56. The first-order chi connectivity index (χ1) is 17.0. The monoisotopic (exact) mass is 471 g/mol. The number of aromatic nitrogens is 2. The Bertz CT molecular complexity index is 1370. The molecular formula is C27H29N5O3. The number of para-hydroxylation sites is 1. The number of ether oxygens (including phenoxy) is 1. The average molecular weight is 472 g/mol. The standard InChI is InChI=1S/C27H29N5O3/c1-30(17-19-7-8-21-16-22(35-2)10-9-20(21)15-19)25(33)18-31-11-13-32(14-12-31)27(34)26-23-5-3-4-6-24(23)28-29-26/h3-10,15-16H,11-14,17-18H2,1-2H3,(H,28,29). The van der Waals surface area contributed by atoms with Gasteiger partial charge >= 0.3 is 0 Å². The molecule has 1 aromatic heterocycles. The molecule has 1 saturated heterocycles. The summed E-state index contributed by atoms with van der Waals surface area (Å²) >= 11 is 0. The van der Waals surface area contributed by atoms with E-state index in [4.69, 9.17) is 4.74 Å². The van der Waals surface area contributed by atoms with Crippen LogP contribution in [0.1, 0.15) is 16.1 Å². The molecule has 2 heterocycles. The van der Waals surface area contributed by atoms with Gasteiger partial charge in [-0.3, -0.25) is 19.6 Å². The number of H-pyrrole nitrogens is 1. The van der Waals surface area contributed by atoms with Crippen LogP contribution in [0.2, 0.25) is 0 Å². The molecule has 0 bridgehead atoms. The normalized spacial score (nSPS) is 14.4. The number of benzene rings is 3. The van der Waals surface area contributed by atoms with Crippen molar-refractivity contribution in [3.8, 4) is 5.75 Å². The van der Waals surface area contributed by atoms with Crippen molar-refractivity contribution in [2.45, 2.75) is 6.54 Å². The third-order valence-electron chi connectivity index (χ3n) is 6.65. The van der Waals surface area contributed by atoms with Crippen LogP contribution in [0, 0.1) is 0 Å². The molecule has 2 amide bonds. The minimum Gasteiger partial charge on any atom is -0.497 e. The average Bonchev–Trinajstić information content (AvgIpc) is 3.32. The van der Waals surface area contributed by atoms with Gasteiger partial charge in [0.25, 0.3) is 5.91 Å². The number of methoxy groups -OCH3 is 1.